The van der Waals surface area contributed by atoms with Gasteiger partial charge in [-0.1, -0.05) is 12.5 Å². The zero-order valence-electron chi connectivity index (χ0n) is 10.5. The Labute approximate surface area is 115 Å². The van der Waals surface area contributed by atoms with Gasteiger partial charge in [0.2, 0.25) is 5.91 Å². The van der Waals surface area contributed by atoms with Crippen LogP contribution >= 0.6 is 11.3 Å². The zero-order chi connectivity index (χ0) is 13.4. The summed E-state index contributed by atoms with van der Waals surface area (Å²) in [6.07, 6.45) is 4.45. The summed E-state index contributed by atoms with van der Waals surface area (Å²) in [6, 6.07) is 2.66. The molecular formula is C14H17NO3S. The molecule has 1 amide bonds. The predicted octanol–water partition coefficient (Wildman–Crippen LogP) is 2.43. The summed E-state index contributed by atoms with van der Waals surface area (Å²) >= 11 is 1.36. The highest BCUT2D eigenvalue weighted by Gasteiger charge is 2.43. The van der Waals surface area contributed by atoms with E-state index >= 15 is 0 Å². The van der Waals surface area contributed by atoms with Crippen molar-refractivity contribution in [1.29, 1.82) is 0 Å². The maximum atomic E-state index is 12.3. The number of amides is 1. The van der Waals surface area contributed by atoms with Gasteiger partial charge >= 0.3 is 5.97 Å². The van der Waals surface area contributed by atoms with Crippen molar-refractivity contribution in [2.75, 3.05) is 0 Å². The molecule has 2 aliphatic rings. The fourth-order valence-electron chi connectivity index (χ4n) is 3.53. The minimum absolute atomic E-state index is 0.0283. The van der Waals surface area contributed by atoms with Crippen molar-refractivity contribution in [3.8, 4) is 0 Å². The lowest BCUT2D eigenvalue weighted by Crippen LogP contribution is -2.39. The summed E-state index contributed by atoms with van der Waals surface area (Å²) in [5, 5.41) is 13.8. The van der Waals surface area contributed by atoms with Crippen LogP contribution < -0.4 is 5.32 Å². The molecule has 2 saturated carbocycles. The molecule has 0 saturated heterocycles. The van der Waals surface area contributed by atoms with E-state index in [-0.39, 0.29) is 11.8 Å². The molecule has 2 aliphatic carbocycles. The highest BCUT2D eigenvalue weighted by Crippen LogP contribution is 2.48. The van der Waals surface area contributed by atoms with Crippen molar-refractivity contribution < 1.29 is 14.7 Å². The number of carbonyl (C=O) groups is 2. The zero-order valence-corrected chi connectivity index (χ0v) is 11.4. The second kappa shape index (κ2) is 4.96. The second-order valence-electron chi connectivity index (χ2n) is 5.58. The summed E-state index contributed by atoms with van der Waals surface area (Å²) in [4.78, 5) is 24.3. The summed E-state index contributed by atoms with van der Waals surface area (Å²) < 4.78 is 0. The Kier molecular flexibility index (Phi) is 3.31. The van der Waals surface area contributed by atoms with Gasteiger partial charge in [0.05, 0.1) is 0 Å². The Balaban J connectivity index is 1.69. The molecule has 19 heavy (non-hydrogen) atoms. The normalized spacial score (nSPS) is 30.2. The summed E-state index contributed by atoms with van der Waals surface area (Å²) in [5.41, 5.74) is 0. The molecular weight excluding hydrogens is 262 g/mol. The van der Waals surface area contributed by atoms with E-state index in [0.29, 0.717) is 16.7 Å². The van der Waals surface area contributed by atoms with Crippen LogP contribution in [-0.4, -0.2) is 17.0 Å². The molecule has 5 heteroatoms. The van der Waals surface area contributed by atoms with Crippen LogP contribution in [0.2, 0.25) is 0 Å². The third-order valence-electron chi connectivity index (χ3n) is 4.44. The van der Waals surface area contributed by atoms with Crippen LogP contribution in [0.15, 0.2) is 17.5 Å². The number of hydrogen-bond acceptors (Lipinski definition) is 3. The third-order valence-corrected chi connectivity index (χ3v) is 5.37. The lowest BCUT2D eigenvalue weighted by atomic mass is 9.88. The first-order valence-electron chi connectivity index (χ1n) is 6.71. The minimum Gasteiger partial charge on any atom is -0.479 e. The molecule has 0 radical (unpaired) electrons. The van der Waals surface area contributed by atoms with E-state index in [1.165, 1.54) is 17.8 Å². The van der Waals surface area contributed by atoms with Crippen LogP contribution in [0.25, 0.3) is 0 Å². The predicted molar refractivity (Wildman–Crippen MR) is 71.8 cm³/mol. The largest absolute Gasteiger partial charge is 0.479 e. The van der Waals surface area contributed by atoms with Gasteiger partial charge in [0, 0.05) is 10.8 Å². The topological polar surface area (TPSA) is 66.4 Å². The number of aliphatic carboxylic acids is 1. The molecule has 0 aliphatic heterocycles. The maximum absolute atomic E-state index is 12.3. The molecule has 1 aromatic rings. The van der Waals surface area contributed by atoms with E-state index in [0.717, 1.165) is 19.3 Å². The Morgan fingerprint density at radius 1 is 1.37 bits per heavy atom. The number of carboxylic acid groups (broad SMARTS) is 1. The van der Waals surface area contributed by atoms with E-state index in [1.54, 1.807) is 12.1 Å². The lowest BCUT2D eigenvalue weighted by Gasteiger charge is -2.22. The third kappa shape index (κ3) is 2.39. The van der Waals surface area contributed by atoms with Crippen LogP contribution in [0.4, 0.5) is 0 Å². The fraction of sp³-hybridized carbons (Fsp3) is 0.571. The van der Waals surface area contributed by atoms with Crippen LogP contribution in [0, 0.1) is 17.8 Å². The minimum atomic E-state index is -0.987. The van der Waals surface area contributed by atoms with E-state index < -0.39 is 12.0 Å². The molecule has 2 N–H and O–H groups in total. The maximum Gasteiger partial charge on any atom is 0.331 e. The van der Waals surface area contributed by atoms with E-state index in [9.17, 15) is 14.7 Å². The Bertz CT molecular complexity index is 485. The molecule has 4 unspecified atom stereocenters. The van der Waals surface area contributed by atoms with E-state index in [1.807, 2.05) is 5.38 Å². The van der Waals surface area contributed by atoms with Gasteiger partial charge in [0.15, 0.2) is 6.04 Å². The number of carboxylic acids is 1. The van der Waals surface area contributed by atoms with Crippen molar-refractivity contribution >= 4 is 23.2 Å². The first-order chi connectivity index (χ1) is 9.15. The van der Waals surface area contributed by atoms with Crippen molar-refractivity contribution in [3.63, 3.8) is 0 Å². The van der Waals surface area contributed by atoms with Crippen molar-refractivity contribution in [2.24, 2.45) is 17.8 Å². The standard InChI is InChI=1S/C14H17NO3S/c16-13(10-7-8-3-4-9(10)6-8)15-12(14(17)18)11-2-1-5-19-11/h1-2,5,8-10,12H,3-4,6-7H2,(H,15,16)(H,17,18). The molecule has 102 valence electrons. The molecule has 2 fully saturated rings. The smallest absolute Gasteiger partial charge is 0.331 e. The Morgan fingerprint density at radius 2 is 2.21 bits per heavy atom. The monoisotopic (exact) mass is 279 g/mol. The molecule has 1 heterocycles. The molecule has 4 nitrogen and oxygen atoms in total. The molecule has 4 atom stereocenters. The molecule has 0 spiro atoms. The SMILES string of the molecule is O=C(O)C(NC(=O)C1CC2CCC1C2)c1cccs1. The molecule has 3 rings (SSSR count). The van der Waals surface area contributed by atoms with Gasteiger partial charge in [0.1, 0.15) is 0 Å². The fourth-order valence-corrected chi connectivity index (χ4v) is 4.29. The first-order valence-corrected chi connectivity index (χ1v) is 7.59. The van der Waals surface area contributed by atoms with Crippen molar-refractivity contribution in [3.05, 3.63) is 22.4 Å². The number of carbonyl (C=O) groups excluding carboxylic acids is 1. The number of rotatable bonds is 4. The van der Waals surface area contributed by atoms with Crippen LogP contribution in [0.5, 0.6) is 0 Å². The summed E-state index contributed by atoms with van der Waals surface area (Å²) in [6.45, 7) is 0. The summed E-state index contributed by atoms with van der Waals surface area (Å²) in [5.74, 6) is 0.126. The molecule has 1 aromatic heterocycles. The number of nitrogens with one attached hydrogen (secondary N) is 1. The van der Waals surface area contributed by atoms with Crippen LogP contribution in [0.3, 0.4) is 0 Å². The first kappa shape index (κ1) is 12.7. The Hall–Kier alpha value is -1.36. The van der Waals surface area contributed by atoms with Crippen LogP contribution in [0.1, 0.15) is 36.6 Å². The molecule has 2 bridgehead atoms. The van der Waals surface area contributed by atoms with Crippen LogP contribution in [-0.2, 0) is 9.59 Å². The Morgan fingerprint density at radius 3 is 2.74 bits per heavy atom. The quantitative estimate of drug-likeness (QED) is 0.889. The van der Waals surface area contributed by atoms with Gasteiger partial charge < -0.3 is 10.4 Å². The van der Waals surface area contributed by atoms with E-state index in [2.05, 4.69) is 5.32 Å². The lowest BCUT2D eigenvalue weighted by molar-refractivity contribution is -0.142. The van der Waals surface area contributed by atoms with Gasteiger partial charge in [-0.15, -0.1) is 11.3 Å². The van der Waals surface area contributed by atoms with Crippen molar-refractivity contribution in [1.82, 2.24) is 5.32 Å². The average Bonchev–Trinajstić information content (AvgIpc) is 3.10. The molecule has 0 aromatic carbocycles. The highest BCUT2D eigenvalue weighted by atomic mass is 32.1. The second-order valence-corrected chi connectivity index (χ2v) is 6.56. The van der Waals surface area contributed by atoms with Gasteiger partial charge in [-0.25, -0.2) is 4.79 Å². The highest BCUT2D eigenvalue weighted by molar-refractivity contribution is 7.10. The van der Waals surface area contributed by atoms with Gasteiger partial charge in [-0.05, 0) is 42.5 Å². The number of thiophene rings is 1. The average molecular weight is 279 g/mol. The van der Waals surface area contributed by atoms with Gasteiger partial charge in [-0.3, -0.25) is 4.79 Å². The van der Waals surface area contributed by atoms with E-state index in [4.69, 9.17) is 0 Å². The number of fused-ring (bicyclic) bond motifs is 2. The van der Waals surface area contributed by atoms with Gasteiger partial charge in [0.25, 0.3) is 0 Å². The van der Waals surface area contributed by atoms with Gasteiger partial charge in [-0.2, -0.15) is 0 Å². The summed E-state index contributed by atoms with van der Waals surface area (Å²) in [7, 11) is 0. The number of hydrogen-bond donors (Lipinski definition) is 2. The van der Waals surface area contributed by atoms with Crippen molar-refractivity contribution in [2.45, 2.75) is 31.7 Å².